The van der Waals surface area contributed by atoms with Gasteiger partial charge in [-0.1, -0.05) is 38.3 Å². The lowest BCUT2D eigenvalue weighted by Gasteiger charge is -2.56. The molecule has 0 saturated heterocycles. The summed E-state index contributed by atoms with van der Waals surface area (Å²) in [7, 11) is 0. The molecular weight excluding hydrogens is 428 g/mol. The molecule has 12 atom stereocenters. The van der Waals surface area contributed by atoms with Crippen molar-refractivity contribution in [1.29, 1.82) is 0 Å². The van der Waals surface area contributed by atoms with E-state index in [4.69, 9.17) is 0 Å². The highest BCUT2D eigenvalue weighted by Crippen LogP contribution is 2.93. The van der Waals surface area contributed by atoms with E-state index in [0.717, 1.165) is 57.8 Å². The maximum atomic E-state index is 12.7. The lowest BCUT2D eigenvalue weighted by Crippen LogP contribution is -2.59. The smallest absolute Gasteiger partial charge is 0.310 e. The van der Waals surface area contributed by atoms with E-state index in [1.165, 1.54) is 12.0 Å². The number of carboxylic acids is 1. The van der Waals surface area contributed by atoms with Gasteiger partial charge in [0.05, 0.1) is 24.2 Å². The molecule has 0 radical (unpaired) electrons. The number of hydrogen-bond donors (Lipinski definition) is 4. The first-order valence-corrected chi connectivity index (χ1v) is 14.1. The number of aliphatic carboxylic acids is 1. The summed E-state index contributed by atoms with van der Waals surface area (Å²) < 4.78 is 0. The average molecular weight is 471 g/mol. The van der Waals surface area contributed by atoms with Crippen molar-refractivity contribution in [2.45, 2.75) is 96.7 Å². The summed E-state index contributed by atoms with van der Waals surface area (Å²) in [6.07, 6.45) is 11.9. The molecule has 34 heavy (non-hydrogen) atoms. The van der Waals surface area contributed by atoms with Gasteiger partial charge in [0.1, 0.15) is 0 Å². The van der Waals surface area contributed by atoms with Crippen molar-refractivity contribution < 1.29 is 25.2 Å². The average Bonchev–Trinajstić information content (AvgIpc) is 3.64. The molecule has 0 aromatic carbocycles. The Balaban J connectivity index is 1.32. The van der Waals surface area contributed by atoms with Crippen LogP contribution >= 0.6 is 0 Å². The molecule has 188 valence electrons. The summed E-state index contributed by atoms with van der Waals surface area (Å²) in [4.78, 5) is 12.7. The molecule has 5 nitrogen and oxygen atoms in total. The Morgan fingerprint density at radius 2 is 1.91 bits per heavy atom. The van der Waals surface area contributed by atoms with Gasteiger partial charge < -0.3 is 20.4 Å². The lowest BCUT2D eigenvalue weighted by atomic mass is 9.48. The van der Waals surface area contributed by atoms with Crippen molar-refractivity contribution in [3.8, 4) is 0 Å². The van der Waals surface area contributed by atoms with Crippen LogP contribution in [0, 0.1) is 56.7 Å². The molecule has 0 aromatic heterocycles. The summed E-state index contributed by atoms with van der Waals surface area (Å²) in [5.74, 6) is 1.43. The minimum absolute atomic E-state index is 0.0423. The van der Waals surface area contributed by atoms with Crippen LogP contribution in [-0.4, -0.2) is 45.2 Å². The van der Waals surface area contributed by atoms with Gasteiger partial charge >= 0.3 is 5.97 Å². The van der Waals surface area contributed by atoms with Crippen molar-refractivity contribution >= 4 is 5.97 Å². The van der Waals surface area contributed by atoms with Gasteiger partial charge in [0, 0.05) is 5.41 Å². The van der Waals surface area contributed by atoms with Gasteiger partial charge in [-0.05, 0) is 104 Å². The molecule has 3 spiro atoms. The van der Waals surface area contributed by atoms with Crippen molar-refractivity contribution in [2.24, 2.45) is 56.7 Å². The number of aliphatic hydroxyl groups is 3. The van der Waals surface area contributed by atoms with E-state index in [1.807, 2.05) is 6.92 Å². The van der Waals surface area contributed by atoms with Crippen molar-refractivity contribution in [3.63, 3.8) is 0 Å². The second-order valence-electron chi connectivity index (χ2n) is 14.1. The molecule has 0 heterocycles. The van der Waals surface area contributed by atoms with E-state index in [-0.39, 0.29) is 34.7 Å². The second kappa shape index (κ2) is 6.50. The van der Waals surface area contributed by atoms with Gasteiger partial charge in [0.25, 0.3) is 0 Å². The van der Waals surface area contributed by atoms with Gasteiger partial charge in [0.2, 0.25) is 0 Å². The fraction of sp³-hybridized carbons (Fsp3) is 0.897. The number of hydrogen-bond acceptors (Lipinski definition) is 4. The number of fused-ring (bicyclic) bond motifs is 2. The number of allylic oxidation sites excluding steroid dienone is 2. The van der Waals surface area contributed by atoms with E-state index in [9.17, 15) is 25.2 Å². The van der Waals surface area contributed by atoms with E-state index < -0.39 is 29.0 Å². The second-order valence-corrected chi connectivity index (χ2v) is 14.1. The summed E-state index contributed by atoms with van der Waals surface area (Å²) in [6, 6.07) is 0. The summed E-state index contributed by atoms with van der Waals surface area (Å²) >= 11 is 0. The highest BCUT2D eigenvalue weighted by molar-refractivity contribution is 5.77. The Morgan fingerprint density at radius 1 is 1.12 bits per heavy atom. The number of rotatable bonds is 2. The topological polar surface area (TPSA) is 98.0 Å². The van der Waals surface area contributed by atoms with Gasteiger partial charge in [-0.2, -0.15) is 0 Å². The molecule has 0 amide bonds. The molecule has 0 bridgehead atoms. The van der Waals surface area contributed by atoms with Crippen molar-refractivity contribution in [1.82, 2.24) is 0 Å². The predicted octanol–water partition coefficient (Wildman–Crippen LogP) is 4.15. The van der Waals surface area contributed by atoms with E-state index in [0.29, 0.717) is 24.2 Å². The minimum Gasteiger partial charge on any atom is -0.481 e. The first kappa shape index (κ1) is 22.3. The van der Waals surface area contributed by atoms with Crippen LogP contribution in [0.15, 0.2) is 11.6 Å². The van der Waals surface area contributed by atoms with Crippen LogP contribution in [0.4, 0.5) is 0 Å². The van der Waals surface area contributed by atoms with Crippen molar-refractivity contribution in [2.75, 3.05) is 6.61 Å². The van der Waals surface area contributed by atoms with Crippen LogP contribution in [0.2, 0.25) is 0 Å². The van der Waals surface area contributed by atoms with Crippen LogP contribution in [0.25, 0.3) is 0 Å². The van der Waals surface area contributed by atoms with E-state index in [1.54, 1.807) is 0 Å². The number of carbonyl (C=O) groups is 1. The SMILES string of the molecule is C[C@H]1CCC[C@]2(C(=O)O)CCC34C[C@]35CCC3[C@@]6(C[C@@H](O)[C@H](O)[C@@]3(C)CO)C(CCC=C4C12)C65. The molecular formula is C29H42O5. The first-order chi connectivity index (χ1) is 16.1. The van der Waals surface area contributed by atoms with E-state index in [2.05, 4.69) is 13.0 Å². The molecule has 0 aromatic rings. The Kier molecular flexibility index (Phi) is 4.26. The van der Waals surface area contributed by atoms with Crippen LogP contribution < -0.4 is 0 Å². The molecule has 6 saturated carbocycles. The van der Waals surface area contributed by atoms with Crippen molar-refractivity contribution in [3.05, 3.63) is 11.6 Å². The third kappa shape index (κ3) is 2.16. The molecule has 5 heteroatoms. The number of carboxylic acid groups (broad SMARTS) is 1. The monoisotopic (exact) mass is 470 g/mol. The molecule has 0 aliphatic heterocycles. The molecule has 7 aliphatic rings. The highest BCUT2D eigenvalue weighted by Gasteiger charge is 2.88. The minimum atomic E-state index is -0.856. The lowest BCUT2D eigenvalue weighted by molar-refractivity contribution is -0.180. The molecule has 7 aliphatic carbocycles. The fourth-order valence-electron chi connectivity index (χ4n) is 12.3. The maximum Gasteiger partial charge on any atom is 0.310 e. The quantitative estimate of drug-likeness (QED) is 0.455. The summed E-state index contributed by atoms with van der Waals surface area (Å²) in [6.45, 7) is 4.24. The van der Waals surface area contributed by atoms with Gasteiger partial charge in [-0.3, -0.25) is 4.79 Å². The van der Waals surface area contributed by atoms with Crippen LogP contribution in [0.3, 0.4) is 0 Å². The largest absolute Gasteiger partial charge is 0.481 e. The zero-order chi connectivity index (χ0) is 23.9. The fourth-order valence-corrected chi connectivity index (χ4v) is 12.3. The van der Waals surface area contributed by atoms with Crippen LogP contribution in [0.1, 0.15) is 84.5 Å². The van der Waals surface area contributed by atoms with E-state index >= 15 is 0 Å². The van der Waals surface area contributed by atoms with Crippen LogP contribution in [-0.2, 0) is 4.79 Å². The normalized spacial score (nSPS) is 61.2. The molecule has 6 fully saturated rings. The third-order valence-electron chi connectivity index (χ3n) is 13.5. The summed E-state index contributed by atoms with van der Waals surface area (Å²) in [5.41, 5.74) is 0.768. The standard InChI is InChI=1S/C29H42O5/c1-16-5-4-9-26(24(33)34)11-12-27-14-28(27)10-8-20-25(2,15-30)23(32)19(31)13-29(20)18(22(28)29)7-3-6-17(27)21(16)26/h6,16,18-23,30-32H,3-5,7-15H2,1-2H3,(H,33,34)/t16-,18?,19+,20?,21?,22?,23-,25-,26-,27?,28-,29+/m0/s1. The Labute approximate surface area is 203 Å². The Hall–Kier alpha value is -0.910. The maximum absolute atomic E-state index is 12.7. The van der Waals surface area contributed by atoms with Gasteiger partial charge in [0.15, 0.2) is 0 Å². The third-order valence-corrected chi connectivity index (χ3v) is 13.5. The zero-order valence-corrected chi connectivity index (χ0v) is 20.8. The Bertz CT molecular complexity index is 976. The first-order valence-electron chi connectivity index (χ1n) is 14.1. The molecule has 4 N–H and O–H groups in total. The molecule has 7 rings (SSSR count). The summed E-state index contributed by atoms with van der Waals surface area (Å²) in [5, 5.41) is 42.9. The van der Waals surface area contributed by atoms with Gasteiger partial charge in [-0.15, -0.1) is 0 Å². The Morgan fingerprint density at radius 3 is 2.65 bits per heavy atom. The van der Waals surface area contributed by atoms with Gasteiger partial charge in [-0.25, -0.2) is 0 Å². The van der Waals surface area contributed by atoms with Crippen LogP contribution in [0.5, 0.6) is 0 Å². The zero-order valence-electron chi connectivity index (χ0n) is 20.8. The molecule has 5 unspecified atom stereocenters. The highest BCUT2D eigenvalue weighted by atomic mass is 16.4. The predicted molar refractivity (Wildman–Crippen MR) is 127 cm³/mol. The number of aliphatic hydroxyl groups excluding tert-OH is 3.